The van der Waals surface area contributed by atoms with Crippen LogP contribution in [0.4, 0.5) is 4.39 Å². The van der Waals surface area contributed by atoms with Crippen LogP contribution in [0.1, 0.15) is 5.69 Å². The van der Waals surface area contributed by atoms with Crippen molar-refractivity contribution in [3.8, 4) is 0 Å². The largest absolute Gasteiger partial charge is 0.357 e. The summed E-state index contributed by atoms with van der Waals surface area (Å²) < 4.78 is 12.9. The van der Waals surface area contributed by atoms with Gasteiger partial charge in [-0.1, -0.05) is 11.6 Å². The van der Waals surface area contributed by atoms with Gasteiger partial charge < -0.3 is 10.7 Å². The lowest BCUT2D eigenvalue weighted by atomic mass is 10.2. The first-order valence-corrected chi connectivity index (χ1v) is 4.76. The highest BCUT2D eigenvalue weighted by molar-refractivity contribution is 6.36. The van der Waals surface area contributed by atoms with Gasteiger partial charge >= 0.3 is 0 Å². The number of halogens is 2. The second-order valence-electron chi connectivity index (χ2n) is 3.15. The molecule has 14 heavy (non-hydrogen) atoms. The van der Waals surface area contributed by atoms with Gasteiger partial charge in [0, 0.05) is 17.5 Å². The topological polar surface area (TPSA) is 41.8 Å². The minimum atomic E-state index is -0.269. The number of hydrogen-bond acceptors (Lipinski definition) is 1. The Morgan fingerprint density at radius 3 is 2.93 bits per heavy atom. The van der Waals surface area contributed by atoms with E-state index in [0.717, 1.165) is 16.6 Å². The maximum absolute atomic E-state index is 12.9. The molecule has 0 saturated heterocycles. The predicted molar refractivity (Wildman–Crippen MR) is 56.0 cm³/mol. The Kier molecular flexibility index (Phi) is 2.44. The molecule has 0 amide bonds. The van der Waals surface area contributed by atoms with Crippen LogP contribution in [0.3, 0.4) is 0 Å². The molecule has 1 aromatic heterocycles. The van der Waals surface area contributed by atoms with Crippen molar-refractivity contribution >= 4 is 22.5 Å². The van der Waals surface area contributed by atoms with Gasteiger partial charge in [-0.2, -0.15) is 0 Å². The maximum atomic E-state index is 12.9. The van der Waals surface area contributed by atoms with Crippen LogP contribution in [0.5, 0.6) is 0 Å². The van der Waals surface area contributed by atoms with E-state index in [9.17, 15) is 4.39 Å². The summed E-state index contributed by atoms with van der Waals surface area (Å²) in [6.45, 7) is 0.523. The molecule has 0 spiro atoms. The fourth-order valence-electron chi connectivity index (χ4n) is 1.51. The number of benzene rings is 1. The Balaban J connectivity index is 2.61. The van der Waals surface area contributed by atoms with Crippen LogP contribution < -0.4 is 5.73 Å². The molecule has 2 nitrogen and oxygen atoms in total. The smallest absolute Gasteiger partial charge is 0.125 e. The van der Waals surface area contributed by atoms with Crippen molar-refractivity contribution in [3.05, 3.63) is 34.7 Å². The molecular weight excluding hydrogens is 203 g/mol. The first-order valence-electron chi connectivity index (χ1n) is 4.38. The highest BCUT2D eigenvalue weighted by Gasteiger charge is 2.08. The standard InChI is InChI=1S/C10H10ClFN2/c11-10-7-2-1-6(12)5-9(7)14-8(10)3-4-13/h1-2,5,14H,3-4,13H2. The van der Waals surface area contributed by atoms with Crippen LogP contribution >= 0.6 is 11.6 Å². The third kappa shape index (κ3) is 1.49. The molecule has 74 valence electrons. The van der Waals surface area contributed by atoms with Crippen molar-refractivity contribution < 1.29 is 4.39 Å². The number of rotatable bonds is 2. The number of nitrogens with one attached hydrogen (secondary N) is 1. The Labute approximate surface area is 85.9 Å². The molecule has 0 radical (unpaired) electrons. The zero-order valence-electron chi connectivity index (χ0n) is 7.48. The van der Waals surface area contributed by atoms with Crippen LogP contribution in [-0.2, 0) is 6.42 Å². The molecule has 2 rings (SSSR count). The van der Waals surface area contributed by atoms with Crippen LogP contribution in [0, 0.1) is 5.82 Å². The molecule has 0 aliphatic carbocycles. The molecule has 0 aliphatic rings. The molecule has 0 fully saturated rings. The van der Waals surface area contributed by atoms with Crippen molar-refractivity contribution in [1.29, 1.82) is 0 Å². The summed E-state index contributed by atoms with van der Waals surface area (Å²) in [7, 11) is 0. The molecule has 1 aromatic carbocycles. The van der Waals surface area contributed by atoms with Gasteiger partial charge in [0.15, 0.2) is 0 Å². The van der Waals surface area contributed by atoms with E-state index in [1.165, 1.54) is 12.1 Å². The van der Waals surface area contributed by atoms with Gasteiger partial charge in [0.2, 0.25) is 0 Å². The highest BCUT2D eigenvalue weighted by atomic mass is 35.5. The summed E-state index contributed by atoms with van der Waals surface area (Å²) >= 11 is 6.08. The summed E-state index contributed by atoms with van der Waals surface area (Å²) in [6.07, 6.45) is 0.676. The average Bonchev–Trinajstić information content (AvgIpc) is 2.44. The van der Waals surface area contributed by atoms with Gasteiger partial charge in [-0.25, -0.2) is 4.39 Å². The van der Waals surface area contributed by atoms with E-state index in [1.807, 2.05) is 0 Å². The molecule has 0 saturated carbocycles. The summed E-state index contributed by atoms with van der Waals surface area (Å²) in [5.74, 6) is -0.269. The second kappa shape index (κ2) is 3.59. The molecule has 4 heteroatoms. The number of aromatic amines is 1. The van der Waals surface area contributed by atoms with Gasteiger partial charge in [-0.05, 0) is 24.7 Å². The van der Waals surface area contributed by atoms with Crippen LogP contribution in [0.15, 0.2) is 18.2 Å². The van der Waals surface area contributed by atoms with Gasteiger partial charge in [-0.15, -0.1) is 0 Å². The van der Waals surface area contributed by atoms with E-state index in [1.54, 1.807) is 6.07 Å². The van der Waals surface area contributed by atoms with Crippen molar-refractivity contribution in [3.63, 3.8) is 0 Å². The fraction of sp³-hybridized carbons (Fsp3) is 0.200. The summed E-state index contributed by atoms with van der Waals surface area (Å²) in [5, 5.41) is 1.49. The summed E-state index contributed by atoms with van der Waals surface area (Å²) in [5.41, 5.74) is 7.02. The van der Waals surface area contributed by atoms with E-state index in [0.29, 0.717) is 18.0 Å². The number of nitrogens with two attached hydrogens (primary N) is 1. The first kappa shape index (κ1) is 9.49. The van der Waals surface area contributed by atoms with E-state index in [2.05, 4.69) is 4.98 Å². The molecule has 0 bridgehead atoms. The van der Waals surface area contributed by atoms with Crippen LogP contribution in [0.2, 0.25) is 5.02 Å². The highest BCUT2D eigenvalue weighted by Crippen LogP contribution is 2.27. The third-order valence-corrected chi connectivity index (χ3v) is 2.59. The van der Waals surface area contributed by atoms with Crippen molar-refractivity contribution in [2.45, 2.75) is 6.42 Å². The molecule has 0 atom stereocenters. The Bertz CT molecular complexity index is 464. The molecule has 0 aliphatic heterocycles. The quantitative estimate of drug-likeness (QED) is 0.789. The monoisotopic (exact) mass is 212 g/mol. The zero-order chi connectivity index (χ0) is 10.1. The summed E-state index contributed by atoms with van der Waals surface area (Å²) in [4.78, 5) is 3.05. The Morgan fingerprint density at radius 2 is 2.21 bits per heavy atom. The van der Waals surface area contributed by atoms with E-state index >= 15 is 0 Å². The predicted octanol–water partition coefficient (Wildman–Crippen LogP) is 2.46. The van der Waals surface area contributed by atoms with E-state index < -0.39 is 0 Å². The summed E-state index contributed by atoms with van der Waals surface area (Å²) in [6, 6.07) is 4.50. The minimum absolute atomic E-state index is 0.269. The van der Waals surface area contributed by atoms with Gasteiger partial charge in [0.25, 0.3) is 0 Å². The van der Waals surface area contributed by atoms with Crippen molar-refractivity contribution in [2.24, 2.45) is 5.73 Å². The maximum Gasteiger partial charge on any atom is 0.125 e. The SMILES string of the molecule is NCCc1[nH]c2cc(F)ccc2c1Cl. The number of fused-ring (bicyclic) bond motifs is 1. The lowest BCUT2D eigenvalue weighted by molar-refractivity contribution is 0.629. The molecule has 3 N–H and O–H groups in total. The van der Waals surface area contributed by atoms with E-state index in [4.69, 9.17) is 17.3 Å². The number of hydrogen-bond donors (Lipinski definition) is 2. The van der Waals surface area contributed by atoms with Gasteiger partial charge in [-0.3, -0.25) is 0 Å². The van der Waals surface area contributed by atoms with Crippen LogP contribution in [-0.4, -0.2) is 11.5 Å². The molecule has 0 unspecified atom stereocenters. The molecular formula is C10H10ClFN2. The Morgan fingerprint density at radius 1 is 1.43 bits per heavy atom. The van der Waals surface area contributed by atoms with Crippen molar-refractivity contribution in [2.75, 3.05) is 6.54 Å². The first-order chi connectivity index (χ1) is 6.72. The van der Waals surface area contributed by atoms with Gasteiger partial charge in [0.1, 0.15) is 5.82 Å². The lowest BCUT2D eigenvalue weighted by Gasteiger charge is -1.92. The normalized spacial score (nSPS) is 11.1. The molecule has 2 aromatic rings. The number of aromatic nitrogens is 1. The van der Waals surface area contributed by atoms with Crippen molar-refractivity contribution in [1.82, 2.24) is 4.98 Å². The third-order valence-electron chi connectivity index (χ3n) is 2.16. The zero-order valence-corrected chi connectivity index (χ0v) is 8.24. The van der Waals surface area contributed by atoms with E-state index in [-0.39, 0.29) is 5.82 Å². The number of H-pyrrole nitrogens is 1. The lowest BCUT2D eigenvalue weighted by Crippen LogP contribution is -2.02. The molecule has 1 heterocycles. The van der Waals surface area contributed by atoms with Crippen LogP contribution in [0.25, 0.3) is 10.9 Å². The van der Waals surface area contributed by atoms with Gasteiger partial charge in [0.05, 0.1) is 10.5 Å². The average molecular weight is 213 g/mol. The second-order valence-corrected chi connectivity index (χ2v) is 3.52. The minimum Gasteiger partial charge on any atom is -0.357 e. The Hall–Kier alpha value is -1.06. The fourth-order valence-corrected chi connectivity index (χ4v) is 1.81.